The van der Waals surface area contributed by atoms with Gasteiger partial charge in [-0.25, -0.2) is 9.97 Å². The molecule has 7 nitrogen and oxygen atoms in total. The first-order chi connectivity index (χ1) is 17.2. The van der Waals surface area contributed by atoms with Crippen molar-refractivity contribution in [1.82, 2.24) is 9.97 Å². The fraction of sp³-hybridized carbons (Fsp3) is 0.333. The van der Waals surface area contributed by atoms with Crippen LogP contribution in [0.4, 0.5) is 24.1 Å². The summed E-state index contributed by atoms with van der Waals surface area (Å²) in [7, 11) is 0. The number of amides is 1. The molecule has 1 amide bonds. The summed E-state index contributed by atoms with van der Waals surface area (Å²) in [5.74, 6) is -0.315. The molecule has 3 aromatic rings. The minimum absolute atomic E-state index is 0.149. The van der Waals surface area contributed by atoms with E-state index in [0.717, 1.165) is 23.5 Å². The second-order valence-corrected chi connectivity index (χ2v) is 9.38. The maximum Gasteiger partial charge on any atom is 0.416 e. The van der Waals surface area contributed by atoms with Gasteiger partial charge in [-0.05, 0) is 38.0 Å². The van der Waals surface area contributed by atoms with Gasteiger partial charge < -0.3 is 9.64 Å². The molecule has 0 unspecified atom stereocenters. The van der Waals surface area contributed by atoms with Crippen LogP contribution in [0.3, 0.4) is 0 Å². The van der Waals surface area contributed by atoms with E-state index in [1.54, 1.807) is 12.3 Å². The average molecular weight is 539 g/mol. The smallest absolute Gasteiger partial charge is 0.416 e. The summed E-state index contributed by atoms with van der Waals surface area (Å²) in [4.78, 5) is 35.2. The maximum atomic E-state index is 13.0. The molecule has 0 bridgehead atoms. The van der Waals surface area contributed by atoms with E-state index >= 15 is 0 Å². The van der Waals surface area contributed by atoms with Crippen molar-refractivity contribution < 1.29 is 27.5 Å². The molecule has 3 heterocycles. The first-order valence-electron chi connectivity index (χ1n) is 11.2. The van der Waals surface area contributed by atoms with Gasteiger partial charge in [0.25, 0.3) is 5.91 Å². The summed E-state index contributed by atoms with van der Waals surface area (Å²) < 4.78 is 44.1. The molecular weight excluding hydrogens is 517 g/mol. The van der Waals surface area contributed by atoms with Gasteiger partial charge in [-0.15, -0.1) is 11.3 Å². The lowest BCUT2D eigenvalue weighted by atomic mass is 9.97. The van der Waals surface area contributed by atoms with Crippen LogP contribution >= 0.6 is 22.9 Å². The van der Waals surface area contributed by atoms with Crippen molar-refractivity contribution in [2.24, 2.45) is 5.92 Å². The number of rotatable bonds is 6. The fourth-order valence-corrected chi connectivity index (χ4v) is 4.86. The normalized spacial score (nSPS) is 14.5. The quantitative estimate of drug-likeness (QED) is 0.393. The number of hydrogen-bond acceptors (Lipinski definition) is 7. The number of alkyl halides is 3. The standard InChI is InChI=1S/C24H22ClF3N4O3S/c1-2-35-22(34)14-6-8-32(9-7-14)20-18(25)11-16(12-29-20)21(33)31-23-30-19(13-36-23)15-4-3-5-17(10-15)24(26,27)28/h3-5,10-14H,2,6-9H2,1H3,(H,30,31,33). The van der Waals surface area contributed by atoms with Crippen molar-refractivity contribution in [3.05, 3.63) is 58.1 Å². The van der Waals surface area contributed by atoms with E-state index in [9.17, 15) is 22.8 Å². The van der Waals surface area contributed by atoms with Crippen LogP contribution in [0, 0.1) is 5.92 Å². The second kappa shape index (κ2) is 10.8. The van der Waals surface area contributed by atoms with E-state index in [0.29, 0.717) is 54.6 Å². The Morgan fingerprint density at radius 1 is 1.25 bits per heavy atom. The fourth-order valence-electron chi connectivity index (χ4n) is 3.86. The molecular formula is C24H22ClF3N4O3S. The summed E-state index contributed by atoms with van der Waals surface area (Å²) in [6, 6.07) is 6.33. The molecule has 1 aromatic carbocycles. The number of thiazole rings is 1. The van der Waals surface area contributed by atoms with Crippen molar-refractivity contribution >= 4 is 45.8 Å². The lowest BCUT2D eigenvalue weighted by Gasteiger charge is -2.32. The first-order valence-corrected chi connectivity index (χ1v) is 12.4. The van der Waals surface area contributed by atoms with Crippen molar-refractivity contribution in [2.45, 2.75) is 25.9 Å². The molecule has 0 aliphatic carbocycles. The van der Waals surface area contributed by atoms with E-state index in [-0.39, 0.29) is 22.6 Å². The van der Waals surface area contributed by atoms with Crippen LogP contribution in [0.25, 0.3) is 11.3 Å². The van der Waals surface area contributed by atoms with Crippen molar-refractivity contribution in [2.75, 3.05) is 29.9 Å². The summed E-state index contributed by atoms with van der Waals surface area (Å²) >= 11 is 7.51. The molecule has 1 N–H and O–H groups in total. The van der Waals surface area contributed by atoms with Crippen molar-refractivity contribution in [1.29, 1.82) is 0 Å². The average Bonchev–Trinajstić information content (AvgIpc) is 3.32. The van der Waals surface area contributed by atoms with Crippen LogP contribution in [0.5, 0.6) is 0 Å². The summed E-state index contributed by atoms with van der Waals surface area (Å²) in [5, 5.41) is 4.72. The van der Waals surface area contributed by atoms with Crippen LogP contribution < -0.4 is 10.2 Å². The zero-order valence-corrected chi connectivity index (χ0v) is 20.7. The maximum absolute atomic E-state index is 13.0. The van der Waals surface area contributed by atoms with Crippen molar-refractivity contribution in [3.8, 4) is 11.3 Å². The number of piperidine rings is 1. The van der Waals surface area contributed by atoms with E-state index in [4.69, 9.17) is 16.3 Å². The monoisotopic (exact) mass is 538 g/mol. The Morgan fingerprint density at radius 2 is 2.00 bits per heavy atom. The zero-order chi connectivity index (χ0) is 25.9. The van der Waals surface area contributed by atoms with Gasteiger partial charge in [0.2, 0.25) is 0 Å². The number of hydrogen-bond donors (Lipinski definition) is 1. The van der Waals surface area contributed by atoms with Gasteiger partial charge in [-0.1, -0.05) is 23.7 Å². The van der Waals surface area contributed by atoms with Gasteiger partial charge >= 0.3 is 12.1 Å². The number of nitrogens with zero attached hydrogens (tertiary/aromatic N) is 3. The third-order valence-corrected chi connectivity index (χ3v) is 6.74. The van der Waals surface area contributed by atoms with Gasteiger partial charge in [0.1, 0.15) is 5.82 Å². The molecule has 0 atom stereocenters. The molecule has 0 radical (unpaired) electrons. The molecule has 1 saturated heterocycles. The molecule has 1 aliphatic heterocycles. The van der Waals surface area contributed by atoms with Crippen LogP contribution in [-0.2, 0) is 15.7 Å². The second-order valence-electron chi connectivity index (χ2n) is 8.11. The van der Waals surface area contributed by atoms with Crippen molar-refractivity contribution in [3.63, 3.8) is 0 Å². The Kier molecular flexibility index (Phi) is 7.79. The number of esters is 1. The molecule has 4 rings (SSSR count). The van der Waals surface area contributed by atoms with Gasteiger partial charge in [0.05, 0.1) is 34.4 Å². The Labute approximate surface area is 214 Å². The van der Waals surface area contributed by atoms with Gasteiger partial charge in [0.15, 0.2) is 5.13 Å². The van der Waals surface area contributed by atoms with Gasteiger partial charge in [-0.3, -0.25) is 14.9 Å². The van der Waals surface area contributed by atoms with Gasteiger partial charge in [-0.2, -0.15) is 13.2 Å². The Bertz CT molecular complexity index is 1260. The van der Waals surface area contributed by atoms with Crippen LogP contribution in [0.15, 0.2) is 41.9 Å². The number of ether oxygens (including phenoxy) is 1. The Hall–Kier alpha value is -3.18. The van der Waals surface area contributed by atoms with E-state index in [1.165, 1.54) is 24.4 Å². The SMILES string of the molecule is CCOC(=O)C1CCN(c2ncc(C(=O)Nc3nc(-c4cccc(C(F)(F)F)c4)cs3)cc2Cl)CC1. The molecule has 2 aromatic heterocycles. The lowest BCUT2D eigenvalue weighted by molar-refractivity contribution is -0.148. The highest BCUT2D eigenvalue weighted by atomic mass is 35.5. The van der Waals surface area contributed by atoms with Gasteiger partial charge in [0, 0.05) is 30.2 Å². The third-order valence-electron chi connectivity index (χ3n) is 5.71. The molecule has 1 fully saturated rings. The number of halogens is 4. The number of carbonyl (C=O) groups excluding carboxylic acids is 2. The number of aromatic nitrogens is 2. The third kappa shape index (κ3) is 5.96. The highest BCUT2D eigenvalue weighted by Crippen LogP contribution is 2.33. The first kappa shape index (κ1) is 25.9. The van der Waals surface area contributed by atoms with E-state index in [2.05, 4.69) is 15.3 Å². The number of nitrogens with one attached hydrogen (secondary N) is 1. The number of anilines is 2. The Morgan fingerprint density at radius 3 is 2.67 bits per heavy atom. The molecule has 36 heavy (non-hydrogen) atoms. The molecule has 12 heteroatoms. The molecule has 190 valence electrons. The zero-order valence-electron chi connectivity index (χ0n) is 19.1. The highest BCUT2D eigenvalue weighted by molar-refractivity contribution is 7.14. The predicted molar refractivity (Wildman–Crippen MR) is 131 cm³/mol. The van der Waals surface area contributed by atoms with Crippen LogP contribution in [0.1, 0.15) is 35.7 Å². The van der Waals surface area contributed by atoms with E-state index < -0.39 is 17.6 Å². The highest BCUT2D eigenvalue weighted by Gasteiger charge is 2.31. The number of benzene rings is 1. The van der Waals surface area contributed by atoms with E-state index in [1.807, 2.05) is 4.90 Å². The molecule has 0 saturated carbocycles. The van der Waals surface area contributed by atoms with Crippen LogP contribution in [-0.4, -0.2) is 41.5 Å². The minimum Gasteiger partial charge on any atom is -0.466 e. The lowest BCUT2D eigenvalue weighted by Crippen LogP contribution is -2.37. The summed E-state index contributed by atoms with van der Waals surface area (Å²) in [6.45, 7) is 3.29. The topological polar surface area (TPSA) is 84.4 Å². The molecule has 0 spiro atoms. The number of carbonyl (C=O) groups is 2. The minimum atomic E-state index is -4.46. The number of pyridine rings is 1. The van der Waals surface area contributed by atoms with Crippen LogP contribution in [0.2, 0.25) is 5.02 Å². The molecule has 1 aliphatic rings. The predicted octanol–water partition coefficient (Wildman–Crippen LogP) is 5.91. The largest absolute Gasteiger partial charge is 0.466 e. The summed E-state index contributed by atoms with van der Waals surface area (Å²) in [5.41, 5.74) is 0.0481. The summed E-state index contributed by atoms with van der Waals surface area (Å²) in [6.07, 6.45) is -1.82. The Balaban J connectivity index is 1.40.